The van der Waals surface area contributed by atoms with Gasteiger partial charge in [0.05, 0.1) is 21.8 Å². The molecule has 1 saturated heterocycles. The van der Waals surface area contributed by atoms with Gasteiger partial charge in [-0.25, -0.2) is 0 Å². The Morgan fingerprint density at radius 3 is 2.69 bits per heavy atom. The molecular weight excluding hydrogens is 342 g/mol. The van der Waals surface area contributed by atoms with Crippen LogP contribution in [-0.4, -0.2) is 42.0 Å². The summed E-state index contributed by atoms with van der Waals surface area (Å²) in [7, 11) is 0. The number of hydrogen-bond donors (Lipinski definition) is 1. The van der Waals surface area contributed by atoms with E-state index in [1.54, 1.807) is 11.3 Å². The first-order valence-corrected chi connectivity index (χ1v) is 10.4. The van der Waals surface area contributed by atoms with Crippen LogP contribution >= 0.6 is 11.3 Å². The van der Waals surface area contributed by atoms with Crippen molar-refractivity contribution in [3.05, 3.63) is 40.9 Å². The molecule has 1 aliphatic rings. The highest BCUT2D eigenvalue weighted by molar-refractivity contribution is 7.13. The molecule has 5 heteroatoms. The number of hydrogen-bond acceptors (Lipinski definition) is 4. The van der Waals surface area contributed by atoms with Crippen LogP contribution in [0.1, 0.15) is 42.7 Å². The minimum Gasteiger partial charge on any atom is -0.352 e. The highest BCUT2D eigenvalue weighted by atomic mass is 32.1. The fraction of sp³-hybridized carbons (Fsp3) is 0.524. The third-order valence-corrected chi connectivity index (χ3v) is 5.88. The van der Waals surface area contributed by atoms with E-state index in [2.05, 4.69) is 35.1 Å². The lowest BCUT2D eigenvalue weighted by Crippen LogP contribution is -2.40. The Labute approximate surface area is 160 Å². The molecule has 0 saturated carbocycles. The number of likely N-dealkylation sites (tertiary alicyclic amines) is 1. The van der Waals surface area contributed by atoms with Gasteiger partial charge in [0.15, 0.2) is 0 Å². The fourth-order valence-corrected chi connectivity index (χ4v) is 4.63. The molecule has 1 N–H and O–H groups in total. The molecule has 1 aliphatic heterocycles. The Morgan fingerprint density at radius 1 is 1.27 bits per heavy atom. The molecule has 1 amide bonds. The summed E-state index contributed by atoms with van der Waals surface area (Å²) >= 11 is 1.66. The van der Waals surface area contributed by atoms with Crippen LogP contribution < -0.4 is 5.32 Å². The number of carbonyl (C=O) groups is 1. The monoisotopic (exact) mass is 371 g/mol. The maximum absolute atomic E-state index is 12.5. The van der Waals surface area contributed by atoms with Crippen molar-refractivity contribution >= 4 is 17.2 Å². The second kappa shape index (κ2) is 8.78. The number of rotatable bonds is 6. The highest BCUT2D eigenvalue weighted by Gasteiger charge is 2.21. The molecule has 140 valence electrons. The van der Waals surface area contributed by atoms with E-state index in [9.17, 15) is 4.79 Å². The number of thiophene rings is 1. The van der Waals surface area contributed by atoms with E-state index in [-0.39, 0.29) is 5.91 Å². The molecule has 3 heterocycles. The lowest BCUT2D eigenvalue weighted by atomic mass is 9.92. The van der Waals surface area contributed by atoms with Gasteiger partial charge in [-0.15, -0.1) is 11.3 Å². The summed E-state index contributed by atoms with van der Waals surface area (Å²) in [5, 5.41) is 5.09. The van der Waals surface area contributed by atoms with Gasteiger partial charge in [-0.2, -0.15) is 0 Å². The van der Waals surface area contributed by atoms with Crippen molar-refractivity contribution in [1.29, 1.82) is 0 Å². The molecule has 4 nitrogen and oxygen atoms in total. The van der Waals surface area contributed by atoms with Crippen LogP contribution in [0.3, 0.4) is 0 Å². The Kier molecular flexibility index (Phi) is 6.43. The highest BCUT2D eigenvalue weighted by Crippen LogP contribution is 2.24. The van der Waals surface area contributed by atoms with Gasteiger partial charge in [-0.3, -0.25) is 9.78 Å². The van der Waals surface area contributed by atoms with Crippen LogP contribution in [0.4, 0.5) is 0 Å². The molecule has 0 aromatic carbocycles. The van der Waals surface area contributed by atoms with Crippen molar-refractivity contribution in [3.63, 3.8) is 0 Å². The standard InChI is InChI=1S/C21H29N3OS/c1-15-12-16(2)14-24(13-15)10-5-9-22-21(25)18-7-8-19(23-17(18)3)20-6-4-11-26-20/h4,6-8,11,15-16H,5,9-10,12-14H2,1-3H3,(H,22,25). The molecule has 0 aliphatic carbocycles. The van der Waals surface area contributed by atoms with Gasteiger partial charge >= 0.3 is 0 Å². The molecular formula is C21H29N3OS. The van der Waals surface area contributed by atoms with Crippen molar-refractivity contribution in [1.82, 2.24) is 15.2 Å². The third kappa shape index (κ3) is 4.92. The van der Waals surface area contributed by atoms with E-state index in [1.165, 1.54) is 19.5 Å². The summed E-state index contributed by atoms with van der Waals surface area (Å²) in [6.45, 7) is 10.7. The van der Waals surface area contributed by atoms with Crippen molar-refractivity contribution in [2.24, 2.45) is 11.8 Å². The topological polar surface area (TPSA) is 45.2 Å². The quantitative estimate of drug-likeness (QED) is 0.774. The molecule has 26 heavy (non-hydrogen) atoms. The molecule has 1 fully saturated rings. The zero-order valence-electron chi connectivity index (χ0n) is 16.0. The number of carbonyl (C=O) groups excluding carboxylic acids is 1. The average molecular weight is 372 g/mol. The minimum atomic E-state index is -0.0203. The van der Waals surface area contributed by atoms with Gasteiger partial charge in [0, 0.05) is 19.6 Å². The first kappa shape index (κ1) is 19.1. The van der Waals surface area contributed by atoms with E-state index >= 15 is 0 Å². The molecule has 2 aromatic rings. The predicted molar refractivity (Wildman–Crippen MR) is 109 cm³/mol. The van der Waals surface area contributed by atoms with Gasteiger partial charge in [0.1, 0.15) is 0 Å². The zero-order chi connectivity index (χ0) is 18.5. The second-order valence-electron chi connectivity index (χ2n) is 7.62. The Bertz CT molecular complexity index is 719. The van der Waals surface area contributed by atoms with E-state index in [0.717, 1.165) is 41.1 Å². The van der Waals surface area contributed by atoms with E-state index in [1.807, 2.05) is 30.5 Å². The van der Waals surface area contributed by atoms with E-state index in [4.69, 9.17) is 0 Å². The number of nitrogens with one attached hydrogen (secondary N) is 1. The van der Waals surface area contributed by atoms with Crippen molar-refractivity contribution in [2.45, 2.75) is 33.6 Å². The van der Waals surface area contributed by atoms with Crippen LogP contribution in [0.2, 0.25) is 0 Å². The number of piperidine rings is 1. The largest absolute Gasteiger partial charge is 0.352 e. The molecule has 2 unspecified atom stereocenters. The lowest BCUT2D eigenvalue weighted by molar-refractivity contribution is 0.0946. The van der Waals surface area contributed by atoms with Crippen molar-refractivity contribution in [2.75, 3.05) is 26.2 Å². The van der Waals surface area contributed by atoms with E-state index < -0.39 is 0 Å². The van der Waals surface area contributed by atoms with Crippen LogP contribution in [0, 0.1) is 18.8 Å². The third-order valence-electron chi connectivity index (χ3n) is 4.99. The Hall–Kier alpha value is -1.72. The normalized spacial score (nSPS) is 20.9. The smallest absolute Gasteiger partial charge is 0.253 e. The number of pyridine rings is 1. The summed E-state index contributed by atoms with van der Waals surface area (Å²) in [6.07, 6.45) is 2.33. The lowest BCUT2D eigenvalue weighted by Gasteiger charge is -2.34. The predicted octanol–water partition coefficient (Wildman–Crippen LogP) is 4.22. The van der Waals surface area contributed by atoms with E-state index in [0.29, 0.717) is 12.1 Å². The summed E-state index contributed by atoms with van der Waals surface area (Å²) < 4.78 is 0. The number of aromatic nitrogens is 1. The van der Waals surface area contributed by atoms with Gasteiger partial charge in [-0.05, 0) is 61.7 Å². The van der Waals surface area contributed by atoms with Crippen molar-refractivity contribution in [3.8, 4) is 10.6 Å². The molecule has 2 atom stereocenters. The summed E-state index contributed by atoms with van der Waals surface area (Å²) in [5.41, 5.74) is 2.39. The molecule has 2 aromatic heterocycles. The second-order valence-corrected chi connectivity index (χ2v) is 8.57. The fourth-order valence-electron chi connectivity index (χ4n) is 3.94. The van der Waals surface area contributed by atoms with Crippen LogP contribution in [0.5, 0.6) is 0 Å². The van der Waals surface area contributed by atoms with Crippen LogP contribution in [0.25, 0.3) is 10.6 Å². The summed E-state index contributed by atoms with van der Waals surface area (Å²) in [4.78, 5) is 20.7. The Balaban J connectivity index is 1.48. The summed E-state index contributed by atoms with van der Waals surface area (Å²) in [6, 6.07) is 7.89. The maximum Gasteiger partial charge on any atom is 0.253 e. The molecule has 0 radical (unpaired) electrons. The first-order valence-electron chi connectivity index (χ1n) is 9.55. The first-order chi connectivity index (χ1) is 12.5. The Morgan fingerprint density at radius 2 is 2.04 bits per heavy atom. The zero-order valence-corrected chi connectivity index (χ0v) is 16.8. The van der Waals surface area contributed by atoms with Crippen LogP contribution in [0.15, 0.2) is 29.6 Å². The van der Waals surface area contributed by atoms with Gasteiger partial charge in [0.25, 0.3) is 5.91 Å². The maximum atomic E-state index is 12.5. The van der Waals surface area contributed by atoms with Gasteiger partial charge in [-0.1, -0.05) is 19.9 Å². The average Bonchev–Trinajstić information content (AvgIpc) is 3.12. The van der Waals surface area contributed by atoms with Crippen molar-refractivity contribution < 1.29 is 4.79 Å². The summed E-state index contributed by atoms with van der Waals surface area (Å²) in [5.74, 6) is 1.54. The van der Waals surface area contributed by atoms with Gasteiger partial charge < -0.3 is 10.2 Å². The SMILES string of the molecule is Cc1nc(-c2cccs2)ccc1C(=O)NCCCN1CC(C)CC(C)C1. The number of amides is 1. The molecule has 0 bridgehead atoms. The number of nitrogens with zero attached hydrogens (tertiary/aromatic N) is 2. The minimum absolute atomic E-state index is 0.0203. The number of aryl methyl sites for hydroxylation is 1. The molecule has 0 spiro atoms. The molecule has 3 rings (SSSR count). The van der Waals surface area contributed by atoms with Gasteiger partial charge in [0.2, 0.25) is 0 Å². The van der Waals surface area contributed by atoms with Crippen LogP contribution in [-0.2, 0) is 0 Å².